The van der Waals surface area contributed by atoms with Crippen molar-refractivity contribution >= 4 is 22.9 Å². The predicted octanol–water partition coefficient (Wildman–Crippen LogP) is 11.0. The first-order valence-corrected chi connectivity index (χ1v) is 16.7. The smallest absolute Gasteiger partial charge is 0.142 e. The van der Waals surface area contributed by atoms with Crippen LogP contribution < -0.4 is 9.64 Å². The van der Waals surface area contributed by atoms with E-state index in [-0.39, 0.29) is 0 Å². The quantitative estimate of drug-likeness (QED) is 0.290. The number of hydrogen-bond acceptors (Lipinski definition) is 2. The highest BCUT2D eigenvalue weighted by molar-refractivity contribution is 6.30. The number of aryl methyl sites for hydroxylation is 1. The van der Waals surface area contributed by atoms with E-state index in [2.05, 4.69) is 89.1 Å². The third kappa shape index (κ3) is 8.01. The van der Waals surface area contributed by atoms with Gasteiger partial charge in [0.05, 0.1) is 12.3 Å². The minimum Gasteiger partial charge on any atom is -0.491 e. The van der Waals surface area contributed by atoms with Crippen molar-refractivity contribution in [3.63, 3.8) is 0 Å². The molecule has 2 saturated carbocycles. The average Bonchev–Trinajstić information content (AvgIpc) is 3.10. The Hall–Kier alpha value is -2.19. The van der Waals surface area contributed by atoms with Gasteiger partial charge in [-0.15, -0.1) is 6.58 Å². The zero-order chi connectivity index (χ0) is 29.5. The lowest BCUT2D eigenvalue weighted by molar-refractivity contribution is 0.0531. The number of halogens is 1. The second-order valence-corrected chi connectivity index (χ2v) is 13.8. The van der Waals surface area contributed by atoms with Gasteiger partial charge in [-0.2, -0.15) is 0 Å². The summed E-state index contributed by atoms with van der Waals surface area (Å²) in [6.07, 6.45) is 12.2. The van der Waals surface area contributed by atoms with Crippen molar-refractivity contribution in [3.8, 4) is 5.75 Å². The van der Waals surface area contributed by atoms with Crippen LogP contribution in [0.4, 0.5) is 5.69 Å². The zero-order valence-electron chi connectivity index (χ0n) is 26.4. The first-order valence-electron chi connectivity index (χ1n) is 16.3. The summed E-state index contributed by atoms with van der Waals surface area (Å²) in [7, 11) is 0. The fourth-order valence-electron chi connectivity index (χ4n) is 7.66. The molecule has 224 valence electrons. The Labute approximate surface area is 256 Å². The monoisotopic (exact) mass is 575 g/mol. The van der Waals surface area contributed by atoms with Gasteiger partial charge in [0.15, 0.2) is 0 Å². The number of allylic oxidation sites excluding steroid dienone is 2. The normalized spacial score (nSPS) is 27.3. The molecule has 3 heteroatoms. The maximum atomic E-state index is 6.54. The van der Waals surface area contributed by atoms with E-state index < -0.39 is 0 Å². The van der Waals surface area contributed by atoms with Gasteiger partial charge >= 0.3 is 0 Å². The van der Waals surface area contributed by atoms with E-state index in [0.717, 1.165) is 78.3 Å². The van der Waals surface area contributed by atoms with Crippen molar-refractivity contribution in [2.24, 2.45) is 29.6 Å². The molecule has 2 fully saturated rings. The van der Waals surface area contributed by atoms with Crippen LogP contribution in [0.15, 0.2) is 55.6 Å². The highest BCUT2D eigenvalue weighted by Crippen LogP contribution is 2.49. The molecule has 2 aliphatic carbocycles. The van der Waals surface area contributed by atoms with Crippen LogP contribution in [0.5, 0.6) is 5.75 Å². The highest BCUT2D eigenvalue weighted by Gasteiger charge is 2.41. The van der Waals surface area contributed by atoms with E-state index in [4.69, 9.17) is 16.3 Å². The Morgan fingerprint density at radius 2 is 1.78 bits per heavy atom. The molecule has 0 spiro atoms. The second-order valence-electron chi connectivity index (χ2n) is 13.3. The molecule has 1 heterocycles. The number of hydrogen-bond donors (Lipinski definition) is 0. The van der Waals surface area contributed by atoms with Gasteiger partial charge in [-0.05, 0) is 122 Å². The average molecular weight is 576 g/mol. The highest BCUT2D eigenvalue weighted by atomic mass is 35.5. The van der Waals surface area contributed by atoms with Gasteiger partial charge in [0.2, 0.25) is 0 Å². The fourth-order valence-corrected chi connectivity index (χ4v) is 7.86. The van der Waals surface area contributed by atoms with E-state index in [0.29, 0.717) is 12.5 Å². The summed E-state index contributed by atoms with van der Waals surface area (Å²) in [4.78, 5) is 2.68. The molecular weight excluding hydrogens is 522 g/mol. The lowest BCUT2D eigenvalue weighted by Crippen LogP contribution is -2.44. The van der Waals surface area contributed by atoms with Crippen LogP contribution in [0.2, 0.25) is 5.02 Å². The molecule has 41 heavy (non-hydrogen) atoms. The Bertz CT molecular complexity index is 1160. The fraction of sp³-hybridized carbons (Fsp3) is 0.579. The maximum Gasteiger partial charge on any atom is 0.142 e. The van der Waals surface area contributed by atoms with Gasteiger partial charge in [0.1, 0.15) is 5.75 Å². The van der Waals surface area contributed by atoms with Crippen LogP contribution in [-0.4, -0.2) is 19.7 Å². The summed E-state index contributed by atoms with van der Waals surface area (Å²) >= 11 is 6.43. The summed E-state index contributed by atoms with van der Waals surface area (Å²) in [5.41, 5.74) is 6.36. The Morgan fingerprint density at radius 3 is 2.39 bits per heavy atom. The number of nitrogens with zero attached hydrogens (tertiary/aromatic N) is 1. The minimum absolute atomic E-state index is 0.327. The van der Waals surface area contributed by atoms with E-state index in [1.54, 1.807) is 0 Å². The first-order chi connectivity index (χ1) is 19.7. The molecule has 0 saturated heterocycles. The molecule has 2 aromatic carbocycles. The van der Waals surface area contributed by atoms with Gasteiger partial charge in [0.25, 0.3) is 0 Å². The topological polar surface area (TPSA) is 12.5 Å². The summed E-state index contributed by atoms with van der Waals surface area (Å²) in [5.74, 6) is 5.68. The molecule has 0 radical (unpaired) electrons. The zero-order valence-corrected chi connectivity index (χ0v) is 27.2. The first kappa shape index (κ1) is 31.7. The molecule has 0 amide bonds. The van der Waals surface area contributed by atoms with Crippen molar-refractivity contribution in [3.05, 3.63) is 77.3 Å². The third-order valence-electron chi connectivity index (χ3n) is 9.78. The molecular formula is C38H54ClNO. The summed E-state index contributed by atoms with van der Waals surface area (Å²) in [6.45, 7) is 21.9. The van der Waals surface area contributed by atoms with Crippen LogP contribution in [0.25, 0.3) is 5.57 Å². The molecule has 0 bridgehead atoms. The van der Waals surface area contributed by atoms with Crippen LogP contribution in [0, 0.1) is 29.6 Å². The molecule has 0 aromatic heterocycles. The predicted molar refractivity (Wildman–Crippen MR) is 179 cm³/mol. The van der Waals surface area contributed by atoms with Gasteiger partial charge in [-0.3, -0.25) is 0 Å². The standard InChI is InChI=1S/C34H46ClNO.C4H8/c1-6-7-26-17-30(35)10-12-31(26)29-20-36(33-18-25(22(2)3)9-13-34(33)37-21-29)19-27-8-11-32(27)28-15-23(4)14-24(5)16-28;1-3-4-2/h9-10,12-13,17-18,23-24,27-29,32H,2,6-8,11,14-16,19-21H2,1,3-5H3;3H,1,4H2,2H3. The summed E-state index contributed by atoms with van der Waals surface area (Å²) in [6, 6.07) is 13.2. The lowest BCUT2D eigenvalue weighted by atomic mass is 9.60. The summed E-state index contributed by atoms with van der Waals surface area (Å²) < 4.78 is 6.54. The molecule has 5 atom stereocenters. The number of fused-ring (bicyclic) bond motifs is 1. The molecule has 5 rings (SSSR count). The van der Waals surface area contributed by atoms with Gasteiger partial charge in [-0.25, -0.2) is 0 Å². The van der Waals surface area contributed by atoms with E-state index >= 15 is 0 Å². The molecule has 3 aliphatic rings. The Balaban J connectivity index is 0.000000909. The minimum atomic E-state index is 0.327. The van der Waals surface area contributed by atoms with Crippen LogP contribution in [-0.2, 0) is 6.42 Å². The Kier molecular flexibility index (Phi) is 11.5. The SMILES string of the molecule is C=C(C)c1ccc2c(c1)N(CC1CCC1C1CC(C)CC(C)C1)CC(c1ccc(Cl)cc1CCC)CO2.C=CCC. The molecule has 5 unspecified atom stereocenters. The van der Waals surface area contributed by atoms with E-state index in [1.807, 2.05) is 6.08 Å². The van der Waals surface area contributed by atoms with Gasteiger partial charge in [0, 0.05) is 24.0 Å². The van der Waals surface area contributed by atoms with Gasteiger partial charge in [-0.1, -0.05) is 76.1 Å². The second kappa shape index (κ2) is 14.8. The largest absolute Gasteiger partial charge is 0.491 e. The maximum absolute atomic E-state index is 6.54. The van der Waals surface area contributed by atoms with Crippen molar-refractivity contribution in [2.45, 2.75) is 91.9 Å². The number of ether oxygens (including phenoxy) is 1. The van der Waals surface area contributed by atoms with E-state index in [9.17, 15) is 0 Å². The molecule has 1 aliphatic heterocycles. The van der Waals surface area contributed by atoms with Crippen LogP contribution in [0.3, 0.4) is 0 Å². The molecule has 2 nitrogen and oxygen atoms in total. The van der Waals surface area contributed by atoms with E-state index in [1.165, 1.54) is 54.5 Å². The Morgan fingerprint density at radius 1 is 1.05 bits per heavy atom. The van der Waals surface area contributed by atoms with Crippen LogP contribution >= 0.6 is 11.6 Å². The number of anilines is 1. The van der Waals surface area contributed by atoms with Crippen molar-refractivity contribution < 1.29 is 4.74 Å². The third-order valence-corrected chi connectivity index (χ3v) is 10.0. The number of rotatable bonds is 8. The van der Waals surface area contributed by atoms with Crippen molar-refractivity contribution in [2.75, 3.05) is 24.6 Å². The molecule has 0 N–H and O–H groups in total. The lowest BCUT2D eigenvalue weighted by Gasteiger charge is -2.48. The number of benzene rings is 2. The van der Waals surface area contributed by atoms with Crippen LogP contribution in [0.1, 0.15) is 102 Å². The van der Waals surface area contributed by atoms with Crippen molar-refractivity contribution in [1.29, 1.82) is 0 Å². The van der Waals surface area contributed by atoms with Gasteiger partial charge < -0.3 is 9.64 Å². The summed E-state index contributed by atoms with van der Waals surface area (Å²) in [5, 5.41) is 0.834. The van der Waals surface area contributed by atoms with Crippen molar-refractivity contribution in [1.82, 2.24) is 0 Å². The molecule has 2 aromatic rings.